The number of fused-ring (bicyclic) bond motifs is 1. The third-order valence-electron chi connectivity index (χ3n) is 5.12. The Hall–Kier alpha value is -3.17. The monoisotopic (exact) mass is 427 g/mol. The number of carbonyl (C=O) groups excluding carboxylic acids is 2. The lowest BCUT2D eigenvalue weighted by atomic mass is 9.95. The van der Waals surface area contributed by atoms with E-state index >= 15 is 0 Å². The second kappa shape index (κ2) is 7.26. The van der Waals surface area contributed by atoms with E-state index in [-0.39, 0.29) is 17.4 Å². The lowest BCUT2D eigenvalue weighted by Gasteiger charge is -2.17. The molecule has 2 aliphatic rings. The Morgan fingerprint density at radius 1 is 1.10 bits per heavy atom. The van der Waals surface area contributed by atoms with Gasteiger partial charge in [0.2, 0.25) is 0 Å². The van der Waals surface area contributed by atoms with Gasteiger partial charge in [-0.05, 0) is 54.3 Å². The molecule has 0 bridgehead atoms. The van der Waals surface area contributed by atoms with Crippen molar-refractivity contribution >= 4 is 12.0 Å². The zero-order chi connectivity index (χ0) is 21.6. The number of cyclic esters (lactones) is 1. The minimum Gasteiger partial charge on any atom is -0.457 e. The van der Waals surface area contributed by atoms with Gasteiger partial charge >= 0.3 is 12.3 Å². The number of hydrogen-bond acceptors (Lipinski definition) is 4. The van der Waals surface area contributed by atoms with Crippen LogP contribution in [0.3, 0.4) is 0 Å². The minimum absolute atomic E-state index is 0.170. The first-order valence-electron chi connectivity index (χ1n) is 8.95. The Morgan fingerprint density at radius 3 is 2.50 bits per heavy atom. The summed E-state index contributed by atoms with van der Waals surface area (Å²) in [5.41, 5.74) is -0.512. The van der Waals surface area contributed by atoms with Gasteiger partial charge in [-0.3, -0.25) is 10.1 Å². The average Bonchev–Trinajstić information content (AvgIpc) is 3.22. The number of carbonyl (C=O) groups is 2. The van der Waals surface area contributed by atoms with Crippen LogP contribution in [-0.4, -0.2) is 18.1 Å². The van der Waals surface area contributed by atoms with E-state index < -0.39 is 41.8 Å². The van der Waals surface area contributed by atoms with Crippen LogP contribution in [0.25, 0.3) is 0 Å². The normalized spacial score (nSPS) is 20.9. The summed E-state index contributed by atoms with van der Waals surface area (Å²) in [6.07, 6.45) is -8.58. The van der Waals surface area contributed by atoms with Gasteiger partial charge in [0, 0.05) is 5.92 Å². The number of halogens is 5. The summed E-state index contributed by atoms with van der Waals surface area (Å²) in [7, 11) is 0. The molecule has 0 saturated carbocycles. The highest BCUT2D eigenvalue weighted by Crippen LogP contribution is 2.42. The number of imide groups is 1. The van der Waals surface area contributed by atoms with Gasteiger partial charge in [0.05, 0.1) is 11.1 Å². The highest BCUT2D eigenvalue weighted by atomic mass is 19.4. The minimum atomic E-state index is -4.75. The molecule has 1 fully saturated rings. The molecule has 5 nitrogen and oxygen atoms in total. The number of nitrogens with one attached hydrogen (secondary N) is 1. The molecule has 0 spiro atoms. The molecule has 1 saturated heterocycles. The fraction of sp³-hybridized carbons (Fsp3) is 0.300. The second-order valence-corrected chi connectivity index (χ2v) is 6.97. The number of aryl methyl sites for hydroxylation is 1. The molecule has 1 N–H and O–H groups in total. The van der Waals surface area contributed by atoms with Crippen molar-refractivity contribution in [2.45, 2.75) is 37.5 Å². The summed E-state index contributed by atoms with van der Waals surface area (Å²) in [5, 5.41) is 2.07. The molecule has 2 atom stereocenters. The Labute approximate surface area is 166 Å². The quantitative estimate of drug-likeness (QED) is 0.690. The molecule has 0 aromatic heterocycles. The van der Waals surface area contributed by atoms with Gasteiger partial charge in [0.15, 0.2) is 6.10 Å². The summed E-state index contributed by atoms with van der Waals surface area (Å²) >= 11 is 0. The number of amides is 2. The van der Waals surface area contributed by atoms with Crippen molar-refractivity contribution in [1.29, 1.82) is 0 Å². The predicted octanol–water partition coefficient (Wildman–Crippen LogP) is 5.10. The number of rotatable bonds is 4. The van der Waals surface area contributed by atoms with E-state index in [1.54, 1.807) is 12.1 Å². The van der Waals surface area contributed by atoms with Crippen molar-refractivity contribution in [1.82, 2.24) is 5.32 Å². The molecule has 2 aromatic carbocycles. The summed E-state index contributed by atoms with van der Waals surface area (Å²) < 4.78 is 75.5. The maximum absolute atomic E-state index is 13.3. The first-order valence-corrected chi connectivity index (χ1v) is 8.95. The lowest BCUT2D eigenvalue weighted by molar-refractivity contribution is -0.137. The van der Waals surface area contributed by atoms with Gasteiger partial charge in [-0.1, -0.05) is 6.07 Å². The van der Waals surface area contributed by atoms with Crippen LogP contribution in [0.15, 0.2) is 36.4 Å². The van der Waals surface area contributed by atoms with Gasteiger partial charge in [-0.15, -0.1) is 0 Å². The van der Waals surface area contributed by atoms with E-state index in [1.165, 1.54) is 6.07 Å². The topological polar surface area (TPSA) is 64.6 Å². The van der Waals surface area contributed by atoms with E-state index in [9.17, 15) is 31.5 Å². The largest absolute Gasteiger partial charge is 0.457 e. The van der Waals surface area contributed by atoms with Crippen molar-refractivity contribution in [3.05, 3.63) is 58.7 Å². The smallest absolute Gasteiger partial charge is 0.416 e. The van der Waals surface area contributed by atoms with Crippen molar-refractivity contribution in [3.8, 4) is 11.5 Å². The highest BCUT2D eigenvalue weighted by Gasteiger charge is 2.42. The Balaban J connectivity index is 1.59. The van der Waals surface area contributed by atoms with Crippen LogP contribution in [-0.2, 0) is 22.1 Å². The molecule has 2 amide bonds. The molecule has 1 heterocycles. The van der Waals surface area contributed by atoms with Gasteiger partial charge in [-0.25, -0.2) is 13.6 Å². The molecule has 30 heavy (non-hydrogen) atoms. The zero-order valence-electron chi connectivity index (χ0n) is 15.1. The van der Waals surface area contributed by atoms with Crippen LogP contribution in [0.2, 0.25) is 0 Å². The van der Waals surface area contributed by atoms with Crippen molar-refractivity contribution < 1.29 is 41.0 Å². The van der Waals surface area contributed by atoms with Crippen molar-refractivity contribution in [3.63, 3.8) is 0 Å². The standard InChI is InChI=1S/C20H14F5NO4/c21-17(22)14-8-10(20(23,24)25)2-6-15(14)29-11-3-5-12-9(7-11)1-4-13(12)16-18(27)26-19(28)30-16/h2-3,5-8,13,16-17H,1,4H2,(H,26,27,28)/t13-,16-/m1/s1. The summed E-state index contributed by atoms with van der Waals surface area (Å²) in [6, 6.07) is 6.60. The number of benzene rings is 2. The first-order chi connectivity index (χ1) is 14.1. The number of hydrogen-bond donors (Lipinski definition) is 1. The maximum atomic E-state index is 13.3. The third kappa shape index (κ3) is 3.69. The molecule has 0 radical (unpaired) electrons. The summed E-state index contributed by atoms with van der Waals surface area (Å²) in [5.74, 6) is -1.08. The molecule has 2 aromatic rings. The Morgan fingerprint density at radius 2 is 1.87 bits per heavy atom. The summed E-state index contributed by atoms with van der Waals surface area (Å²) in [6.45, 7) is 0. The van der Waals surface area contributed by atoms with Crippen molar-refractivity contribution in [2.24, 2.45) is 0 Å². The van der Waals surface area contributed by atoms with E-state index in [0.29, 0.717) is 25.0 Å². The Kier molecular flexibility index (Phi) is 4.87. The van der Waals surface area contributed by atoms with Crippen LogP contribution in [0.4, 0.5) is 26.7 Å². The number of alkyl halides is 5. The van der Waals surface area contributed by atoms with Crippen LogP contribution in [0, 0.1) is 0 Å². The lowest BCUT2D eigenvalue weighted by Crippen LogP contribution is -2.28. The number of alkyl carbamates (subject to hydrolysis) is 1. The van der Waals surface area contributed by atoms with Crippen LogP contribution < -0.4 is 10.1 Å². The van der Waals surface area contributed by atoms with E-state index in [2.05, 4.69) is 5.32 Å². The first kappa shape index (κ1) is 20.1. The Bertz CT molecular complexity index is 1020. The zero-order valence-corrected chi connectivity index (χ0v) is 15.1. The molecule has 10 heteroatoms. The fourth-order valence-electron chi connectivity index (χ4n) is 3.75. The molecular weight excluding hydrogens is 413 g/mol. The van der Waals surface area contributed by atoms with E-state index in [4.69, 9.17) is 9.47 Å². The number of ether oxygens (including phenoxy) is 2. The van der Waals surface area contributed by atoms with E-state index in [0.717, 1.165) is 17.2 Å². The van der Waals surface area contributed by atoms with Gasteiger partial charge < -0.3 is 9.47 Å². The van der Waals surface area contributed by atoms with Gasteiger partial charge in [-0.2, -0.15) is 13.2 Å². The molecule has 1 aliphatic heterocycles. The third-order valence-corrected chi connectivity index (χ3v) is 5.12. The van der Waals surface area contributed by atoms with Gasteiger partial charge in [0.1, 0.15) is 11.5 Å². The van der Waals surface area contributed by atoms with Gasteiger partial charge in [0.25, 0.3) is 12.3 Å². The molecule has 158 valence electrons. The fourth-order valence-corrected chi connectivity index (χ4v) is 3.75. The molecule has 1 aliphatic carbocycles. The van der Waals surface area contributed by atoms with E-state index in [1.807, 2.05) is 0 Å². The molecule has 4 rings (SSSR count). The van der Waals surface area contributed by atoms with Crippen LogP contribution in [0.1, 0.15) is 41.0 Å². The SMILES string of the molecule is O=C1NC(=O)[C@@H]([C@@H]2CCc3cc(Oc4ccc(C(F)(F)F)cc4C(F)F)ccc32)O1. The molecular formula is C20H14F5NO4. The average molecular weight is 427 g/mol. The summed E-state index contributed by atoms with van der Waals surface area (Å²) in [4.78, 5) is 23.1. The second-order valence-electron chi connectivity index (χ2n) is 6.97. The van der Waals surface area contributed by atoms with Crippen molar-refractivity contribution in [2.75, 3.05) is 0 Å². The highest BCUT2D eigenvalue weighted by molar-refractivity contribution is 6.00. The van der Waals surface area contributed by atoms with Crippen LogP contribution in [0.5, 0.6) is 11.5 Å². The maximum Gasteiger partial charge on any atom is 0.416 e. The predicted molar refractivity (Wildman–Crippen MR) is 92.4 cm³/mol. The van der Waals surface area contributed by atoms with Crippen LogP contribution >= 0.6 is 0 Å². The molecule has 0 unspecified atom stereocenters.